The molecule has 1 amide bonds. The second-order valence-electron chi connectivity index (χ2n) is 8.57. The molecule has 2 aromatic rings. The number of ether oxygens (including phenoxy) is 1. The Labute approximate surface area is 188 Å². The Hall–Kier alpha value is -2.38. The third kappa shape index (κ3) is 4.77. The van der Waals surface area contributed by atoms with Crippen molar-refractivity contribution in [2.24, 2.45) is 0 Å². The van der Waals surface area contributed by atoms with Gasteiger partial charge in [-0.2, -0.15) is 0 Å². The summed E-state index contributed by atoms with van der Waals surface area (Å²) in [4.78, 5) is 31.0. The van der Waals surface area contributed by atoms with Gasteiger partial charge in [0.2, 0.25) is 5.91 Å². The van der Waals surface area contributed by atoms with E-state index in [-0.39, 0.29) is 11.9 Å². The molecule has 1 unspecified atom stereocenters. The summed E-state index contributed by atoms with van der Waals surface area (Å²) in [6, 6.07) is 8.94. The number of nitrogens with one attached hydrogen (secondary N) is 1. The van der Waals surface area contributed by atoms with Crippen molar-refractivity contribution in [3.63, 3.8) is 0 Å². The first-order chi connectivity index (χ1) is 15.0. The van der Waals surface area contributed by atoms with Gasteiger partial charge in [0.15, 0.2) is 0 Å². The number of benzene rings is 1. The highest BCUT2D eigenvalue weighted by molar-refractivity contribution is 7.17. The van der Waals surface area contributed by atoms with Crippen molar-refractivity contribution >= 4 is 33.9 Å². The number of rotatable bonds is 5. The molecule has 4 rings (SSSR count). The van der Waals surface area contributed by atoms with Crippen molar-refractivity contribution < 1.29 is 14.3 Å². The second kappa shape index (κ2) is 9.40. The molecular weight excluding hydrogens is 410 g/mol. The van der Waals surface area contributed by atoms with E-state index in [0.717, 1.165) is 50.9 Å². The Bertz CT molecular complexity index is 954. The van der Waals surface area contributed by atoms with Crippen LogP contribution in [0.15, 0.2) is 24.3 Å². The van der Waals surface area contributed by atoms with Gasteiger partial charge in [-0.1, -0.05) is 17.7 Å². The molecule has 2 aliphatic rings. The van der Waals surface area contributed by atoms with E-state index in [4.69, 9.17) is 4.74 Å². The van der Waals surface area contributed by atoms with Crippen molar-refractivity contribution in [1.82, 2.24) is 4.90 Å². The SMILES string of the molecule is COC(=O)c1c(NC(=O)CN2CCN(c3ccc(C)cc3)C(C)C2)sc2c1CCCC2. The lowest BCUT2D eigenvalue weighted by Crippen LogP contribution is -2.53. The molecule has 0 bridgehead atoms. The molecule has 0 saturated carbocycles. The monoisotopic (exact) mass is 441 g/mol. The van der Waals surface area contributed by atoms with Crippen molar-refractivity contribution in [2.75, 3.05) is 43.5 Å². The number of hydrogen-bond acceptors (Lipinski definition) is 6. The third-order valence-electron chi connectivity index (χ3n) is 6.26. The number of carbonyl (C=O) groups excluding carboxylic acids is 2. The normalized spacial score (nSPS) is 19.1. The zero-order valence-corrected chi connectivity index (χ0v) is 19.4. The van der Waals surface area contributed by atoms with Gasteiger partial charge in [0.1, 0.15) is 5.00 Å². The Balaban J connectivity index is 1.39. The average Bonchev–Trinajstić information content (AvgIpc) is 3.11. The summed E-state index contributed by atoms with van der Waals surface area (Å²) in [6.07, 6.45) is 4.05. The number of esters is 1. The minimum atomic E-state index is -0.352. The third-order valence-corrected chi connectivity index (χ3v) is 7.47. The summed E-state index contributed by atoms with van der Waals surface area (Å²) in [5.41, 5.74) is 4.12. The van der Waals surface area contributed by atoms with Crippen LogP contribution in [0.25, 0.3) is 0 Å². The van der Waals surface area contributed by atoms with Gasteiger partial charge in [-0.25, -0.2) is 4.79 Å². The molecule has 1 saturated heterocycles. The fraction of sp³-hybridized carbons (Fsp3) is 0.500. The van der Waals surface area contributed by atoms with Crippen molar-refractivity contribution in [1.29, 1.82) is 0 Å². The minimum Gasteiger partial charge on any atom is -0.465 e. The van der Waals surface area contributed by atoms with Crippen molar-refractivity contribution in [3.05, 3.63) is 45.8 Å². The van der Waals surface area contributed by atoms with Gasteiger partial charge in [-0.05, 0) is 57.2 Å². The van der Waals surface area contributed by atoms with Crippen LogP contribution in [-0.2, 0) is 22.4 Å². The smallest absolute Gasteiger partial charge is 0.341 e. The van der Waals surface area contributed by atoms with Crippen LogP contribution in [0.5, 0.6) is 0 Å². The number of carbonyl (C=O) groups is 2. The first kappa shape index (κ1) is 21.8. The fourth-order valence-corrected chi connectivity index (χ4v) is 5.93. The standard InChI is InChI=1S/C24H31N3O3S/c1-16-8-10-18(11-9-16)27-13-12-26(14-17(27)2)15-21(28)25-23-22(24(29)30-3)19-6-4-5-7-20(19)31-23/h8-11,17H,4-7,12-15H2,1-3H3,(H,25,28). The molecule has 0 radical (unpaired) electrons. The molecule has 31 heavy (non-hydrogen) atoms. The van der Waals surface area contributed by atoms with E-state index in [2.05, 4.69) is 53.2 Å². The maximum atomic E-state index is 12.8. The largest absolute Gasteiger partial charge is 0.465 e. The van der Waals surface area contributed by atoms with E-state index < -0.39 is 0 Å². The van der Waals surface area contributed by atoms with Crippen LogP contribution in [0.2, 0.25) is 0 Å². The fourth-order valence-electron chi connectivity index (χ4n) is 4.64. The predicted octanol–water partition coefficient (Wildman–Crippen LogP) is 3.87. The molecule has 1 aromatic carbocycles. The minimum absolute atomic E-state index is 0.0697. The van der Waals surface area contributed by atoms with Crippen LogP contribution in [0.1, 0.15) is 46.1 Å². The van der Waals surface area contributed by atoms with Crippen molar-refractivity contribution in [3.8, 4) is 0 Å². The van der Waals surface area contributed by atoms with Gasteiger partial charge in [-0.15, -0.1) is 11.3 Å². The number of aryl methyl sites for hydroxylation is 2. The molecular formula is C24H31N3O3S. The van der Waals surface area contributed by atoms with Crippen LogP contribution in [0, 0.1) is 6.92 Å². The average molecular weight is 442 g/mol. The summed E-state index contributed by atoms with van der Waals surface area (Å²) >= 11 is 1.54. The van der Waals surface area contributed by atoms with E-state index in [1.165, 1.54) is 34.6 Å². The van der Waals surface area contributed by atoms with Crippen LogP contribution in [-0.4, -0.2) is 56.1 Å². The van der Waals surface area contributed by atoms with Crippen LogP contribution in [0.3, 0.4) is 0 Å². The highest BCUT2D eigenvalue weighted by Crippen LogP contribution is 2.38. The molecule has 2 heterocycles. The second-order valence-corrected chi connectivity index (χ2v) is 9.67. The quantitative estimate of drug-likeness (QED) is 0.714. The molecule has 6 nitrogen and oxygen atoms in total. The Morgan fingerprint density at radius 2 is 1.90 bits per heavy atom. The Morgan fingerprint density at radius 1 is 1.16 bits per heavy atom. The number of methoxy groups -OCH3 is 1. The lowest BCUT2D eigenvalue weighted by Gasteiger charge is -2.41. The van der Waals surface area contributed by atoms with Gasteiger partial charge < -0.3 is 15.0 Å². The van der Waals surface area contributed by atoms with E-state index in [1.807, 2.05) is 0 Å². The number of nitrogens with zero attached hydrogens (tertiary/aromatic N) is 2. The predicted molar refractivity (Wildman–Crippen MR) is 125 cm³/mol. The number of hydrogen-bond donors (Lipinski definition) is 1. The summed E-state index contributed by atoms with van der Waals surface area (Å²) in [5.74, 6) is -0.422. The van der Waals surface area contributed by atoms with Gasteiger partial charge in [0.05, 0.1) is 19.2 Å². The molecule has 1 fully saturated rings. The van der Waals surface area contributed by atoms with E-state index in [1.54, 1.807) is 0 Å². The summed E-state index contributed by atoms with van der Waals surface area (Å²) in [7, 11) is 1.40. The summed E-state index contributed by atoms with van der Waals surface area (Å²) in [6.45, 7) is 7.17. The number of anilines is 2. The van der Waals surface area contributed by atoms with Crippen LogP contribution in [0.4, 0.5) is 10.7 Å². The maximum Gasteiger partial charge on any atom is 0.341 e. The number of piperazine rings is 1. The van der Waals surface area contributed by atoms with E-state index >= 15 is 0 Å². The molecule has 1 atom stereocenters. The van der Waals surface area contributed by atoms with Gasteiger partial charge in [0.25, 0.3) is 0 Å². The molecule has 0 spiro atoms. The van der Waals surface area contributed by atoms with Gasteiger partial charge in [-0.3, -0.25) is 9.69 Å². The highest BCUT2D eigenvalue weighted by atomic mass is 32.1. The number of thiophene rings is 1. The number of fused-ring (bicyclic) bond motifs is 1. The lowest BCUT2D eigenvalue weighted by molar-refractivity contribution is -0.117. The Kier molecular flexibility index (Phi) is 6.62. The molecule has 1 aliphatic heterocycles. The topological polar surface area (TPSA) is 61.9 Å². The zero-order chi connectivity index (χ0) is 22.0. The summed E-state index contributed by atoms with van der Waals surface area (Å²) in [5, 5.41) is 3.67. The maximum absolute atomic E-state index is 12.8. The Morgan fingerprint density at radius 3 is 2.61 bits per heavy atom. The van der Waals surface area contributed by atoms with Crippen LogP contribution >= 0.6 is 11.3 Å². The number of amides is 1. The molecule has 166 valence electrons. The first-order valence-corrected chi connectivity index (χ1v) is 11.9. The van der Waals surface area contributed by atoms with Crippen molar-refractivity contribution in [2.45, 2.75) is 45.6 Å². The molecule has 7 heteroatoms. The van der Waals surface area contributed by atoms with Crippen LogP contribution < -0.4 is 10.2 Å². The lowest BCUT2D eigenvalue weighted by atomic mass is 9.95. The van der Waals surface area contributed by atoms with Gasteiger partial charge >= 0.3 is 5.97 Å². The molecule has 1 aromatic heterocycles. The molecule has 1 N–H and O–H groups in total. The first-order valence-electron chi connectivity index (χ1n) is 11.0. The van der Waals surface area contributed by atoms with E-state index in [9.17, 15) is 9.59 Å². The highest BCUT2D eigenvalue weighted by Gasteiger charge is 2.29. The zero-order valence-electron chi connectivity index (χ0n) is 18.6. The molecule has 1 aliphatic carbocycles. The summed E-state index contributed by atoms with van der Waals surface area (Å²) < 4.78 is 5.01. The van der Waals surface area contributed by atoms with Gasteiger partial charge in [0, 0.05) is 36.2 Å². The van der Waals surface area contributed by atoms with E-state index in [0.29, 0.717) is 23.2 Å².